The maximum Gasteiger partial charge on any atom is 0.324 e. The number of amides is 4. The van der Waals surface area contributed by atoms with Gasteiger partial charge < -0.3 is 10.2 Å². The van der Waals surface area contributed by atoms with E-state index in [4.69, 9.17) is 0 Å². The highest BCUT2D eigenvalue weighted by atomic mass is 16.2. The number of hydrogen-bond donors (Lipinski definition) is 2. The van der Waals surface area contributed by atoms with Crippen molar-refractivity contribution in [3.63, 3.8) is 0 Å². The number of nitrogens with one attached hydrogen (secondary N) is 2. The van der Waals surface area contributed by atoms with Crippen LogP contribution in [0.1, 0.15) is 30.4 Å². The predicted molar refractivity (Wildman–Crippen MR) is 91.7 cm³/mol. The smallest absolute Gasteiger partial charge is 0.324 e. The van der Waals surface area contributed by atoms with E-state index in [-0.39, 0.29) is 30.8 Å². The Morgan fingerprint density at radius 1 is 1.12 bits per heavy atom. The summed E-state index contributed by atoms with van der Waals surface area (Å²) in [4.78, 5) is 36.9. The van der Waals surface area contributed by atoms with E-state index in [0.29, 0.717) is 18.4 Å². The maximum absolute atomic E-state index is 12.5. The average molecular weight is 341 g/mol. The highest BCUT2D eigenvalue weighted by molar-refractivity contribution is 5.98. The molecule has 2 aliphatic carbocycles. The quantitative estimate of drug-likeness (QED) is 0.868. The Bertz CT molecular complexity index is 685. The van der Waals surface area contributed by atoms with Gasteiger partial charge in [0, 0.05) is 19.0 Å². The summed E-state index contributed by atoms with van der Waals surface area (Å²) in [6, 6.07) is 8.27. The first-order valence-electron chi connectivity index (χ1n) is 9.05. The zero-order valence-electron chi connectivity index (χ0n) is 14.2. The van der Waals surface area contributed by atoms with E-state index in [1.807, 2.05) is 0 Å². The molecule has 1 heterocycles. The van der Waals surface area contributed by atoms with Crippen molar-refractivity contribution in [1.29, 1.82) is 0 Å². The minimum Gasteiger partial charge on any atom is -0.351 e. The number of urea groups is 1. The molecule has 4 rings (SSSR count). The molecule has 1 aliphatic heterocycles. The van der Waals surface area contributed by atoms with E-state index < -0.39 is 6.03 Å². The molecular formula is C19H23N3O3. The second kappa shape index (κ2) is 6.50. The molecule has 3 aliphatic rings. The van der Waals surface area contributed by atoms with Crippen LogP contribution in [0, 0.1) is 11.8 Å². The number of fused-ring (bicyclic) bond motifs is 3. The van der Waals surface area contributed by atoms with E-state index in [2.05, 4.69) is 34.9 Å². The van der Waals surface area contributed by atoms with Gasteiger partial charge in [0.2, 0.25) is 11.8 Å². The molecular weight excluding hydrogens is 318 g/mol. The number of carbonyl (C=O) groups is 3. The summed E-state index contributed by atoms with van der Waals surface area (Å²) in [7, 11) is 0. The van der Waals surface area contributed by atoms with Gasteiger partial charge in [-0.25, -0.2) is 4.79 Å². The lowest BCUT2D eigenvalue weighted by molar-refractivity contribution is -0.125. The van der Waals surface area contributed by atoms with Crippen LogP contribution in [0.3, 0.4) is 0 Å². The van der Waals surface area contributed by atoms with Crippen LogP contribution in [-0.4, -0.2) is 41.9 Å². The summed E-state index contributed by atoms with van der Waals surface area (Å²) >= 11 is 0. The summed E-state index contributed by atoms with van der Waals surface area (Å²) < 4.78 is 0. The molecule has 2 N–H and O–H groups in total. The van der Waals surface area contributed by atoms with Crippen molar-refractivity contribution in [1.82, 2.24) is 15.5 Å². The van der Waals surface area contributed by atoms with Gasteiger partial charge in [0.1, 0.15) is 6.54 Å². The molecule has 1 saturated carbocycles. The lowest BCUT2D eigenvalue weighted by atomic mass is 9.94. The fraction of sp³-hybridized carbons (Fsp3) is 0.526. The van der Waals surface area contributed by atoms with Gasteiger partial charge in [-0.15, -0.1) is 0 Å². The third kappa shape index (κ3) is 3.25. The van der Waals surface area contributed by atoms with Gasteiger partial charge in [0.15, 0.2) is 0 Å². The van der Waals surface area contributed by atoms with Crippen LogP contribution in [0.15, 0.2) is 24.3 Å². The minimum absolute atomic E-state index is 0.0159. The van der Waals surface area contributed by atoms with E-state index >= 15 is 0 Å². The van der Waals surface area contributed by atoms with Crippen LogP contribution in [0.2, 0.25) is 0 Å². The molecule has 6 heteroatoms. The molecule has 0 radical (unpaired) electrons. The molecule has 2 bridgehead atoms. The lowest BCUT2D eigenvalue weighted by Gasteiger charge is -2.28. The van der Waals surface area contributed by atoms with Crippen molar-refractivity contribution in [3.8, 4) is 0 Å². The third-order valence-electron chi connectivity index (χ3n) is 5.81. The number of hydrogen-bond acceptors (Lipinski definition) is 3. The molecule has 6 nitrogen and oxygen atoms in total. The Kier molecular flexibility index (Phi) is 4.19. The van der Waals surface area contributed by atoms with Gasteiger partial charge in [-0.3, -0.25) is 14.9 Å². The lowest BCUT2D eigenvalue weighted by Crippen LogP contribution is -2.54. The third-order valence-corrected chi connectivity index (χ3v) is 5.81. The SMILES string of the molecule is O=C1CCN(CC(=O)NC2C3CCC2Cc2ccccc2C3)C(=O)N1. The standard InChI is InChI=1S/C19H23N3O3/c23-16-7-8-22(19(25)21-16)11-17(24)20-18-14-5-6-15(18)10-13-4-2-1-3-12(13)9-14/h1-4,14-15,18H,5-11H2,(H,20,24)(H,21,23,25). The van der Waals surface area contributed by atoms with Crippen LogP contribution < -0.4 is 10.6 Å². The summed E-state index contributed by atoms with van der Waals surface area (Å²) in [5.41, 5.74) is 2.81. The average Bonchev–Trinajstić information content (AvgIpc) is 2.84. The molecule has 1 aromatic carbocycles. The maximum atomic E-state index is 12.5. The molecule has 0 spiro atoms. The monoisotopic (exact) mass is 341 g/mol. The Labute approximate surface area is 147 Å². The molecule has 2 atom stereocenters. The summed E-state index contributed by atoms with van der Waals surface area (Å²) in [6.07, 6.45) is 4.56. The van der Waals surface area contributed by atoms with E-state index in [1.54, 1.807) is 0 Å². The first kappa shape index (κ1) is 16.1. The van der Waals surface area contributed by atoms with Crippen LogP contribution in [0.25, 0.3) is 0 Å². The van der Waals surface area contributed by atoms with Crippen molar-refractivity contribution in [3.05, 3.63) is 35.4 Å². The Morgan fingerprint density at radius 2 is 1.76 bits per heavy atom. The fourth-order valence-electron chi connectivity index (χ4n) is 4.54. The van der Waals surface area contributed by atoms with Crippen LogP contribution in [-0.2, 0) is 22.4 Å². The molecule has 2 fully saturated rings. The fourth-order valence-corrected chi connectivity index (χ4v) is 4.54. The molecule has 1 aromatic rings. The van der Waals surface area contributed by atoms with Gasteiger partial charge in [0.05, 0.1) is 0 Å². The second-order valence-corrected chi connectivity index (χ2v) is 7.39. The van der Waals surface area contributed by atoms with Gasteiger partial charge in [0.25, 0.3) is 0 Å². The Morgan fingerprint density at radius 3 is 2.36 bits per heavy atom. The summed E-state index contributed by atoms with van der Waals surface area (Å²) in [6.45, 7) is 0.322. The number of imide groups is 1. The van der Waals surface area contributed by atoms with E-state index in [9.17, 15) is 14.4 Å². The molecule has 25 heavy (non-hydrogen) atoms. The van der Waals surface area contributed by atoms with Gasteiger partial charge >= 0.3 is 6.03 Å². The highest BCUT2D eigenvalue weighted by Crippen LogP contribution is 2.40. The molecule has 2 unspecified atom stereocenters. The minimum atomic E-state index is -0.470. The van der Waals surface area contributed by atoms with Gasteiger partial charge in [-0.2, -0.15) is 0 Å². The summed E-state index contributed by atoms with van der Waals surface area (Å²) in [5.74, 6) is 0.530. The van der Waals surface area contributed by atoms with Crippen molar-refractivity contribution < 1.29 is 14.4 Å². The largest absolute Gasteiger partial charge is 0.351 e. The molecule has 4 amide bonds. The topological polar surface area (TPSA) is 78.5 Å². The van der Waals surface area contributed by atoms with E-state index in [1.165, 1.54) is 16.0 Å². The predicted octanol–water partition coefficient (Wildman–Crippen LogP) is 1.24. The first-order chi connectivity index (χ1) is 12.1. The van der Waals surface area contributed by atoms with Crippen molar-refractivity contribution in [2.24, 2.45) is 11.8 Å². The summed E-state index contributed by atoms with van der Waals surface area (Å²) in [5, 5.41) is 5.45. The first-order valence-corrected chi connectivity index (χ1v) is 9.05. The highest BCUT2D eigenvalue weighted by Gasteiger charge is 2.40. The Hall–Kier alpha value is -2.37. The second-order valence-electron chi connectivity index (χ2n) is 7.39. The normalized spacial score (nSPS) is 28.2. The van der Waals surface area contributed by atoms with Gasteiger partial charge in [-0.1, -0.05) is 24.3 Å². The zero-order valence-corrected chi connectivity index (χ0v) is 14.2. The van der Waals surface area contributed by atoms with E-state index in [0.717, 1.165) is 25.7 Å². The number of benzene rings is 1. The van der Waals surface area contributed by atoms with Crippen LogP contribution in [0.4, 0.5) is 4.79 Å². The number of rotatable bonds is 3. The Balaban J connectivity index is 1.40. The van der Waals surface area contributed by atoms with Gasteiger partial charge in [-0.05, 0) is 48.6 Å². The zero-order chi connectivity index (χ0) is 17.4. The van der Waals surface area contributed by atoms with Crippen molar-refractivity contribution in [2.45, 2.75) is 38.1 Å². The number of nitrogens with zero attached hydrogens (tertiary/aromatic N) is 1. The van der Waals surface area contributed by atoms with Crippen LogP contribution >= 0.6 is 0 Å². The van der Waals surface area contributed by atoms with Crippen molar-refractivity contribution in [2.75, 3.05) is 13.1 Å². The molecule has 132 valence electrons. The molecule has 1 saturated heterocycles. The van der Waals surface area contributed by atoms with Crippen molar-refractivity contribution >= 4 is 17.8 Å². The number of carbonyl (C=O) groups excluding carboxylic acids is 3. The van der Waals surface area contributed by atoms with Crippen LogP contribution in [0.5, 0.6) is 0 Å². The molecule has 0 aromatic heterocycles.